The lowest BCUT2D eigenvalue weighted by atomic mass is 9.99. The molecule has 0 N–H and O–H groups in total. The molecule has 0 atom stereocenters. The van der Waals surface area contributed by atoms with E-state index in [9.17, 15) is 0 Å². The molecular weight excluding hydrogens is 124 g/mol. The quantitative estimate of drug-likeness (QED) is 0.572. The van der Waals surface area contributed by atoms with Gasteiger partial charge in [0.25, 0.3) is 0 Å². The van der Waals surface area contributed by atoms with Crippen LogP contribution in [0.25, 0.3) is 0 Å². The standard InChI is InChI=1S/C9H16O/c1-10-9(6-7-9)8-4-2-3-5-8/h8H,2-7H2,1H3. The van der Waals surface area contributed by atoms with Crippen molar-refractivity contribution in [3.05, 3.63) is 0 Å². The van der Waals surface area contributed by atoms with Crippen molar-refractivity contribution in [3.63, 3.8) is 0 Å². The van der Waals surface area contributed by atoms with Gasteiger partial charge >= 0.3 is 0 Å². The van der Waals surface area contributed by atoms with Crippen LogP contribution in [0.5, 0.6) is 0 Å². The lowest BCUT2D eigenvalue weighted by molar-refractivity contribution is 0.0307. The number of rotatable bonds is 2. The molecule has 1 heteroatoms. The molecular formula is C9H16O. The highest BCUT2D eigenvalue weighted by atomic mass is 16.5. The van der Waals surface area contributed by atoms with Gasteiger partial charge in [-0.3, -0.25) is 0 Å². The normalized spacial score (nSPS) is 30.9. The molecule has 0 aromatic rings. The Bertz CT molecular complexity index is 121. The summed E-state index contributed by atoms with van der Waals surface area (Å²) >= 11 is 0. The SMILES string of the molecule is COC1(C2CCCC2)CC1. The van der Waals surface area contributed by atoms with E-state index >= 15 is 0 Å². The summed E-state index contributed by atoms with van der Waals surface area (Å²) in [6, 6.07) is 0. The van der Waals surface area contributed by atoms with Crippen molar-refractivity contribution < 1.29 is 4.74 Å². The van der Waals surface area contributed by atoms with Crippen LogP contribution in [0.1, 0.15) is 38.5 Å². The van der Waals surface area contributed by atoms with Crippen molar-refractivity contribution in [2.75, 3.05) is 7.11 Å². The van der Waals surface area contributed by atoms with E-state index in [1.807, 2.05) is 7.11 Å². The highest BCUT2D eigenvalue weighted by molar-refractivity contribution is 5.02. The Labute approximate surface area is 62.8 Å². The monoisotopic (exact) mass is 140 g/mol. The maximum absolute atomic E-state index is 5.53. The summed E-state index contributed by atoms with van der Waals surface area (Å²) in [6.07, 6.45) is 8.38. The Morgan fingerprint density at radius 2 is 1.80 bits per heavy atom. The largest absolute Gasteiger partial charge is 0.378 e. The second kappa shape index (κ2) is 2.23. The molecule has 0 bridgehead atoms. The number of hydrogen-bond acceptors (Lipinski definition) is 1. The molecule has 2 aliphatic carbocycles. The van der Waals surface area contributed by atoms with E-state index in [0.29, 0.717) is 5.60 Å². The molecule has 0 aromatic heterocycles. The zero-order chi connectivity index (χ0) is 7.03. The summed E-state index contributed by atoms with van der Waals surface area (Å²) < 4.78 is 5.53. The Morgan fingerprint density at radius 1 is 1.20 bits per heavy atom. The number of hydrogen-bond donors (Lipinski definition) is 0. The second-order valence-corrected chi connectivity index (χ2v) is 3.75. The average molecular weight is 140 g/mol. The fourth-order valence-electron chi connectivity index (χ4n) is 2.35. The molecule has 0 aromatic carbocycles. The van der Waals surface area contributed by atoms with Crippen molar-refractivity contribution in [2.24, 2.45) is 5.92 Å². The smallest absolute Gasteiger partial charge is 0.0708 e. The van der Waals surface area contributed by atoms with Crippen LogP contribution >= 0.6 is 0 Å². The van der Waals surface area contributed by atoms with Gasteiger partial charge in [0.05, 0.1) is 5.60 Å². The Morgan fingerprint density at radius 3 is 2.20 bits per heavy atom. The summed E-state index contributed by atoms with van der Waals surface area (Å²) in [4.78, 5) is 0. The topological polar surface area (TPSA) is 9.23 Å². The van der Waals surface area contributed by atoms with Gasteiger partial charge in [-0.15, -0.1) is 0 Å². The van der Waals surface area contributed by atoms with Gasteiger partial charge in [-0.2, -0.15) is 0 Å². The van der Waals surface area contributed by atoms with Gasteiger partial charge in [-0.1, -0.05) is 12.8 Å². The Balaban J connectivity index is 1.96. The van der Waals surface area contributed by atoms with E-state index in [-0.39, 0.29) is 0 Å². The first-order chi connectivity index (χ1) is 4.87. The molecule has 0 saturated heterocycles. The van der Waals surface area contributed by atoms with Crippen LogP contribution in [0.3, 0.4) is 0 Å². The van der Waals surface area contributed by atoms with Gasteiger partial charge in [0.2, 0.25) is 0 Å². The zero-order valence-electron chi connectivity index (χ0n) is 6.73. The minimum atomic E-state index is 0.372. The van der Waals surface area contributed by atoms with Crippen LogP contribution in [-0.2, 0) is 4.74 Å². The van der Waals surface area contributed by atoms with Gasteiger partial charge in [-0.25, -0.2) is 0 Å². The van der Waals surface area contributed by atoms with E-state index in [1.54, 1.807) is 0 Å². The third-order valence-corrected chi connectivity index (χ3v) is 3.25. The molecule has 0 aliphatic heterocycles. The highest BCUT2D eigenvalue weighted by Crippen LogP contribution is 2.51. The van der Waals surface area contributed by atoms with Crippen LogP contribution in [0, 0.1) is 5.92 Å². The van der Waals surface area contributed by atoms with Crippen LogP contribution in [0.4, 0.5) is 0 Å². The molecule has 2 aliphatic rings. The molecule has 2 saturated carbocycles. The molecule has 2 fully saturated rings. The third kappa shape index (κ3) is 0.878. The lowest BCUT2D eigenvalue weighted by Gasteiger charge is -2.20. The van der Waals surface area contributed by atoms with Crippen molar-refractivity contribution in [1.29, 1.82) is 0 Å². The van der Waals surface area contributed by atoms with Gasteiger partial charge in [0.1, 0.15) is 0 Å². The molecule has 58 valence electrons. The van der Waals surface area contributed by atoms with Crippen molar-refractivity contribution in [3.8, 4) is 0 Å². The van der Waals surface area contributed by atoms with Crippen molar-refractivity contribution >= 4 is 0 Å². The van der Waals surface area contributed by atoms with Crippen LogP contribution in [-0.4, -0.2) is 12.7 Å². The predicted molar refractivity (Wildman–Crippen MR) is 40.9 cm³/mol. The minimum absolute atomic E-state index is 0.372. The van der Waals surface area contributed by atoms with Gasteiger partial charge in [0, 0.05) is 7.11 Å². The number of methoxy groups -OCH3 is 1. The molecule has 10 heavy (non-hydrogen) atoms. The molecule has 0 heterocycles. The number of ether oxygens (including phenoxy) is 1. The maximum Gasteiger partial charge on any atom is 0.0708 e. The maximum atomic E-state index is 5.53. The van der Waals surface area contributed by atoms with Crippen molar-refractivity contribution in [2.45, 2.75) is 44.1 Å². The fraction of sp³-hybridized carbons (Fsp3) is 1.00. The first-order valence-electron chi connectivity index (χ1n) is 4.42. The molecule has 0 amide bonds. The van der Waals surface area contributed by atoms with E-state index < -0.39 is 0 Å². The first kappa shape index (κ1) is 6.66. The Hall–Kier alpha value is -0.0400. The lowest BCUT2D eigenvalue weighted by Crippen LogP contribution is -2.21. The molecule has 1 nitrogen and oxygen atoms in total. The minimum Gasteiger partial charge on any atom is -0.378 e. The van der Waals surface area contributed by atoms with E-state index in [1.165, 1.54) is 38.5 Å². The molecule has 0 unspecified atom stereocenters. The predicted octanol–water partition coefficient (Wildman–Crippen LogP) is 2.36. The Kier molecular flexibility index (Phi) is 1.48. The first-order valence-corrected chi connectivity index (χ1v) is 4.42. The van der Waals surface area contributed by atoms with Crippen LogP contribution < -0.4 is 0 Å². The molecule has 0 radical (unpaired) electrons. The van der Waals surface area contributed by atoms with Crippen molar-refractivity contribution in [1.82, 2.24) is 0 Å². The van der Waals surface area contributed by atoms with Gasteiger partial charge in [-0.05, 0) is 31.6 Å². The molecule has 0 spiro atoms. The van der Waals surface area contributed by atoms with E-state index in [0.717, 1.165) is 5.92 Å². The van der Waals surface area contributed by atoms with E-state index in [2.05, 4.69) is 0 Å². The fourth-order valence-corrected chi connectivity index (χ4v) is 2.35. The highest BCUT2D eigenvalue weighted by Gasteiger charge is 2.50. The van der Waals surface area contributed by atoms with E-state index in [4.69, 9.17) is 4.74 Å². The van der Waals surface area contributed by atoms with Gasteiger partial charge < -0.3 is 4.74 Å². The molecule has 2 rings (SSSR count). The summed E-state index contributed by atoms with van der Waals surface area (Å²) in [5, 5.41) is 0. The zero-order valence-corrected chi connectivity index (χ0v) is 6.73. The van der Waals surface area contributed by atoms with Crippen LogP contribution in [0.15, 0.2) is 0 Å². The van der Waals surface area contributed by atoms with Crippen LogP contribution in [0.2, 0.25) is 0 Å². The average Bonchev–Trinajstić information content (AvgIpc) is 2.58. The second-order valence-electron chi connectivity index (χ2n) is 3.75. The van der Waals surface area contributed by atoms with Gasteiger partial charge in [0.15, 0.2) is 0 Å². The summed E-state index contributed by atoms with van der Waals surface area (Å²) in [6.45, 7) is 0. The summed E-state index contributed by atoms with van der Waals surface area (Å²) in [7, 11) is 1.88. The third-order valence-electron chi connectivity index (χ3n) is 3.25. The summed E-state index contributed by atoms with van der Waals surface area (Å²) in [5.41, 5.74) is 0.372. The summed E-state index contributed by atoms with van der Waals surface area (Å²) in [5.74, 6) is 0.914.